The quantitative estimate of drug-likeness (QED) is 0.777. The maximum atomic E-state index is 11.8. The first-order valence-corrected chi connectivity index (χ1v) is 6.66. The van der Waals surface area contributed by atoms with Crippen molar-refractivity contribution >= 4 is 5.91 Å². The Hall–Kier alpha value is -1.53. The predicted octanol–water partition coefficient (Wildman–Crippen LogP) is -0.0893. The van der Waals surface area contributed by atoms with Gasteiger partial charge in [0.05, 0.1) is 12.2 Å². The number of likely N-dealkylation sites (tertiary alicyclic amines) is 1. The lowest BCUT2D eigenvalue weighted by atomic mass is 9.98. The Morgan fingerprint density at radius 3 is 3.00 bits per heavy atom. The molecule has 1 aliphatic rings. The molecule has 0 aromatic carbocycles. The standard InChI is InChI=1S/C13H20N4O2/c18-5-4-17-3-1-2-11(9-17)6-16-13(19)12-7-14-10-15-8-12/h7-8,10-11,18H,1-6,9H2,(H,16,19)/t11-/m0/s1. The van der Waals surface area contributed by atoms with Crippen molar-refractivity contribution in [2.45, 2.75) is 12.8 Å². The number of aromatic nitrogens is 2. The smallest absolute Gasteiger partial charge is 0.254 e. The van der Waals surface area contributed by atoms with Gasteiger partial charge in [0.1, 0.15) is 6.33 Å². The van der Waals surface area contributed by atoms with Crippen LogP contribution in [0.4, 0.5) is 0 Å². The van der Waals surface area contributed by atoms with E-state index in [9.17, 15) is 4.79 Å². The van der Waals surface area contributed by atoms with Gasteiger partial charge in [-0.05, 0) is 25.3 Å². The van der Waals surface area contributed by atoms with Gasteiger partial charge in [0.25, 0.3) is 5.91 Å². The largest absolute Gasteiger partial charge is 0.395 e. The predicted molar refractivity (Wildman–Crippen MR) is 70.6 cm³/mol. The number of hydrogen-bond acceptors (Lipinski definition) is 5. The van der Waals surface area contributed by atoms with Crippen LogP contribution in [0.3, 0.4) is 0 Å². The van der Waals surface area contributed by atoms with Gasteiger partial charge in [-0.25, -0.2) is 9.97 Å². The number of amides is 1. The summed E-state index contributed by atoms with van der Waals surface area (Å²) in [5.74, 6) is 0.328. The van der Waals surface area contributed by atoms with Gasteiger partial charge in [-0.15, -0.1) is 0 Å². The summed E-state index contributed by atoms with van der Waals surface area (Å²) in [4.78, 5) is 21.7. The Kier molecular flexibility index (Phi) is 5.23. The van der Waals surface area contributed by atoms with Crippen molar-refractivity contribution in [3.05, 3.63) is 24.3 Å². The van der Waals surface area contributed by atoms with Gasteiger partial charge in [0.2, 0.25) is 0 Å². The van der Waals surface area contributed by atoms with E-state index in [1.165, 1.54) is 18.7 Å². The molecular formula is C13H20N4O2. The van der Waals surface area contributed by atoms with Gasteiger partial charge < -0.3 is 15.3 Å². The van der Waals surface area contributed by atoms with Gasteiger partial charge >= 0.3 is 0 Å². The molecule has 1 amide bonds. The highest BCUT2D eigenvalue weighted by Crippen LogP contribution is 2.15. The molecule has 2 rings (SSSR count). The summed E-state index contributed by atoms with van der Waals surface area (Å²) >= 11 is 0. The van der Waals surface area contributed by atoms with Crippen molar-refractivity contribution in [3.63, 3.8) is 0 Å². The second-order valence-corrected chi connectivity index (χ2v) is 4.87. The summed E-state index contributed by atoms with van der Waals surface area (Å²) in [6.45, 7) is 3.55. The summed E-state index contributed by atoms with van der Waals surface area (Å²) in [6.07, 6.45) is 6.68. The Bertz CT molecular complexity index is 397. The Morgan fingerprint density at radius 2 is 2.26 bits per heavy atom. The summed E-state index contributed by atoms with van der Waals surface area (Å²) in [5.41, 5.74) is 0.491. The van der Waals surface area contributed by atoms with Crippen LogP contribution in [0.15, 0.2) is 18.7 Å². The fourth-order valence-electron chi connectivity index (χ4n) is 2.42. The second-order valence-electron chi connectivity index (χ2n) is 4.87. The maximum absolute atomic E-state index is 11.8. The minimum absolute atomic E-state index is 0.125. The van der Waals surface area contributed by atoms with Crippen LogP contribution in [0.5, 0.6) is 0 Å². The van der Waals surface area contributed by atoms with Gasteiger partial charge in [-0.2, -0.15) is 0 Å². The number of nitrogens with one attached hydrogen (secondary N) is 1. The van der Waals surface area contributed by atoms with Crippen molar-refractivity contribution < 1.29 is 9.90 Å². The second kappa shape index (κ2) is 7.16. The first kappa shape index (κ1) is 13.9. The molecule has 0 radical (unpaired) electrons. The minimum Gasteiger partial charge on any atom is -0.395 e. The van der Waals surface area contributed by atoms with Crippen LogP contribution >= 0.6 is 0 Å². The first-order valence-electron chi connectivity index (χ1n) is 6.66. The first-order chi connectivity index (χ1) is 9.29. The Morgan fingerprint density at radius 1 is 1.47 bits per heavy atom. The topological polar surface area (TPSA) is 78.4 Å². The van der Waals surface area contributed by atoms with Crippen molar-refractivity contribution in [2.75, 3.05) is 32.8 Å². The highest BCUT2D eigenvalue weighted by molar-refractivity contribution is 5.93. The summed E-state index contributed by atoms with van der Waals surface area (Å²) < 4.78 is 0. The average Bonchev–Trinajstić information content (AvgIpc) is 2.46. The fraction of sp³-hybridized carbons (Fsp3) is 0.615. The van der Waals surface area contributed by atoms with Crippen LogP contribution < -0.4 is 5.32 Å². The Balaban J connectivity index is 1.77. The van der Waals surface area contributed by atoms with E-state index in [-0.39, 0.29) is 12.5 Å². The zero-order chi connectivity index (χ0) is 13.5. The number of aliphatic hydroxyl groups is 1. The molecule has 104 valence electrons. The van der Waals surface area contributed by atoms with E-state index in [4.69, 9.17) is 5.11 Å². The summed E-state index contributed by atoms with van der Waals surface area (Å²) in [6, 6.07) is 0. The molecular weight excluding hydrogens is 244 g/mol. The molecule has 1 saturated heterocycles. The van der Waals surface area contributed by atoms with Gasteiger partial charge in [0.15, 0.2) is 0 Å². The Labute approximate surface area is 112 Å². The maximum Gasteiger partial charge on any atom is 0.254 e. The highest BCUT2D eigenvalue weighted by atomic mass is 16.3. The van der Waals surface area contributed by atoms with Crippen LogP contribution in [0.25, 0.3) is 0 Å². The number of aliphatic hydroxyl groups excluding tert-OH is 1. The minimum atomic E-state index is -0.125. The normalized spacial score (nSPS) is 20.2. The van der Waals surface area contributed by atoms with E-state index in [1.54, 1.807) is 0 Å². The third-order valence-corrected chi connectivity index (χ3v) is 3.39. The van der Waals surface area contributed by atoms with Crippen molar-refractivity contribution in [2.24, 2.45) is 5.92 Å². The number of hydrogen-bond donors (Lipinski definition) is 2. The van der Waals surface area contributed by atoms with Crippen molar-refractivity contribution in [1.29, 1.82) is 0 Å². The zero-order valence-corrected chi connectivity index (χ0v) is 11.0. The van der Waals surface area contributed by atoms with Gasteiger partial charge in [0, 0.05) is 32.0 Å². The summed E-state index contributed by atoms with van der Waals surface area (Å²) in [7, 11) is 0. The third kappa shape index (κ3) is 4.25. The molecule has 0 unspecified atom stereocenters. The molecule has 1 atom stereocenters. The van der Waals surface area contributed by atoms with Crippen LogP contribution in [0.2, 0.25) is 0 Å². The highest BCUT2D eigenvalue weighted by Gasteiger charge is 2.20. The van der Waals surface area contributed by atoms with E-state index in [0.29, 0.717) is 18.0 Å². The van der Waals surface area contributed by atoms with E-state index < -0.39 is 0 Å². The monoisotopic (exact) mass is 264 g/mol. The van der Waals surface area contributed by atoms with E-state index >= 15 is 0 Å². The molecule has 2 N–H and O–H groups in total. The fourth-order valence-corrected chi connectivity index (χ4v) is 2.42. The average molecular weight is 264 g/mol. The van der Waals surface area contributed by atoms with Crippen molar-refractivity contribution in [1.82, 2.24) is 20.2 Å². The molecule has 0 bridgehead atoms. The number of rotatable bonds is 5. The third-order valence-electron chi connectivity index (χ3n) is 3.39. The number of nitrogens with zero attached hydrogens (tertiary/aromatic N) is 3. The number of carbonyl (C=O) groups excluding carboxylic acids is 1. The van der Waals surface area contributed by atoms with Crippen molar-refractivity contribution in [3.8, 4) is 0 Å². The molecule has 1 fully saturated rings. The van der Waals surface area contributed by atoms with Crippen LogP contribution in [-0.2, 0) is 0 Å². The molecule has 1 aromatic rings. The molecule has 1 aromatic heterocycles. The zero-order valence-electron chi connectivity index (χ0n) is 11.0. The van der Waals surface area contributed by atoms with E-state index in [0.717, 1.165) is 32.5 Å². The number of piperidine rings is 1. The molecule has 0 saturated carbocycles. The van der Waals surface area contributed by atoms with E-state index in [1.807, 2.05) is 0 Å². The molecule has 0 aliphatic carbocycles. The summed E-state index contributed by atoms with van der Waals surface area (Å²) in [5, 5.41) is 11.9. The van der Waals surface area contributed by atoms with E-state index in [2.05, 4.69) is 20.2 Å². The van der Waals surface area contributed by atoms with Crippen LogP contribution in [0, 0.1) is 5.92 Å². The van der Waals surface area contributed by atoms with Gasteiger partial charge in [-0.3, -0.25) is 4.79 Å². The molecule has 2 heterocycles. The molecule has 0 spiro atoms. The SMILES string of the molecule is O=C(NC[C@@H]1CCCN(CCO)C1)c1cncnc1. The lowest BCUT2D eigenvalue weighted by Gasteiger charge is -2.32. The number of β-amino-alcohol motifs (C(OH)–C–C–N with tert-alkyl or cyclic N) is 1. The number of carbonyl (C=O) groups is 1. The van der Waals surface area contributed by atoms with Crippen LogP contribution in [-0.4, -0.2) is 58.7 Å². The van der Waals surface area contributed by atoms with Gasteiger partial charge in [-0.1, -0.05) is 0 Å². The lowest BCUT2D eigenvalue weighted by molar-refractivity contribution is 0.0924. The molecule has 1 aliphatic heterocycles. The molecule has 6 nitrogen and oxygen atoms in total. The molecule has 6 heteroatoms. The van der Waals surface area contributed by atoms with Crippen LogP contribution in [0.1, 0.15) is 23.2 Å². The molecule has 19 heavy (non-hydrogen) atoms. The lowest BCUT2D eigenvalue weighted by Crippen LogP contribution is -2.41.